The van der Waals surface area contributed by atoms with E-state index >= 15 is 0 Å². The van der Waals surface area contributed by atoms with Crippen LogP contribution in [0.1, 0.15) is 31.9 Å². The molecule has 3 atom stereocenters. The van der Waals surface area contributed by atoms with E-state index in [1.54, 1.807) is 6.92 Å². The molecule has 1 heterocycles. The molecule has 92 valence electrons. The van der Waals surface area contributed by atoms with Crippen LogP contribution < -0.4 is 0 Å². The van der Waals surface area contributed by atoms with Gasteiger partial charge in [-0.1, -0.05) is 30.3 Å². The lowest BCUT2D eigenvalue weighted by atomic mass is 10.0. The highest BCUT2D eigenvalue weighted by Gasteiger charge is 2.35. The van der Waals surface area contributed by atoms with Crippen molar-refractivity contribution in [2.24, 2.45) is 5.92 Å². The van der Waals surface area contributed by atoms with Crippen LogP contribution in [0, 0.1) is 5.92 Å². The number of carbonyl (C=O) groups is 1. The highest BCUT2D eigenvalue weighted by atomic mass is 16.3. The molecule has 0 radical (unpaired) electrons. The second-order valence-corrected chi connectivity index (χ2v) is 4.84. The first-order valence-corrected chi connectivity index (χ1v) is 6.12. The minimum absolute atomic E-state index is 0.0775. The Hall–Kier alpha value is -1.35. The molecule has 1 aromatic carbocycles. The Morgan fingerprint density at radius 3 is 2.47 bits per heavy atom. The number of likely N-dealkylation sites (tertiary alicyclic amines) is 1. The van der Waals surface area contributed by atoms with Crippen LogP contribution in [0.2, 0.25) is 0 Å². The van der Waals surface area contributed by atoms with Crippen molar-refractivity contribution in [3.63, 3.8) is 0 Å². The quantitative estimate of drug-likeness (QED) is 0.867. The Kier molecular flexibility index (Phi) is 3.48. The molecular formula is C14H19NO2. The Balaban J connectivity index is 2.11. The van der Waals surface area contributed by atoms with Gasteiger partial charge in [-0.05, 0) is 19.4 Å². The number of benzene rings is 1. The smallest absolute Gasteiger partial charge is 0.223 e. The van der Waals surface area contributed by atoms with Gasteiger partial charge in [-0.2, -0.15) is 0 Å². The number of hydrogen-bond donors (Lipinski definition) is 1. The van der Waals surface area contributed by atoms with Gasteiger partial charge in [0.25, 0.3) is 0 Å². The minimum Gasteiger partial charge on any atom is -0.393 e. The van der Waals surface area contributed by atoms with Crippen LogP contribution in [0.15, 0.2) is 30.3 Å². The Morgan fingerprint density at radius 2 is 1.94 bits per heavy atom. The molecule has 1 aliphatic rings. The highest BCUT2D eigenvalue weighted by molar-refractivity contribution is 5.79. The zero-order valence-corrected chi connectivity index (χ0v) is 10.3. The van der Waals surface area contributed by atoms with Gasteiger partial charge in [0, 0.05) is 18.9 Å². The maximum absolute atomic E-state index is 11.9. The van der Waals surface area contributed by atoms with E-state index in [9.17, 15) is 9.90 Å². The summed E-state index contributed by atoms with van der Waals surface area (Å²) in [4.78, 5) is 13.8. The van der Waals surface area contributed by atoms with E-state index in [1.165, 1.54) is 0 Å². The first kappa shape index (κ1) is 12.1. The second kappa shape index (κ2) is 4.88. The number of aliphatic hydroxyl groups is 1. The van der Waals surface area contributed by atoms with Gasteiger partial charge in [-0.3, -0.25) is 4.79 Å². The van der Waals surface area contributed by atoms with Gasteiger partial charge in [0.2, 0.25) is 5.91 Å². The third-order valence-electron chi connectivity index (χ3n) is 3.62. The molecule has 1 saturated heterocycles. The van der Waals surface area contributed by atoms with Gasteiger partial charge in [-0.25, -0.2) is 0 Å². The second-order valence-electron chi connectivity index (χ2n) is 4.84. The largest absolute Gasteiger partial charge is 0.393 e. The summed E-state index contributed by atoms with van der Waals surface area (Å²) >= 11 is 0. The summed E-state index contributed by atoms with van der Waals surface area (Å²) in [5.74, 6) is 0.223. The van der Waals surface area contributed by atoms with Crippen molar-refractivity contribution in [2.75, 3.05) is 6.54 Å². The normalized spacial score (nSPS) is 23.8. The summed E-state index contributed by atoms with van der Waals surface area (Å²) in [5.41, 5.74) is 1.15. The van der Waals surface area contributed by atoms with Crippen molar-refractivity contribution in [1.29, 1.82) is 0 Å². The van der Waals surface area contributed by atoms with Gasteiger partial charge in [0.1, 0.15) is 0 Å². The molecule has 0 aliphatic carbocycles. The summed E-state index contributed by atoms with van der Waals surface area (Å²) in [6.07, 6.45) is 0.0568. The zero-order valence-electron chi connectivity index (χ0n) is 10.3. The number of amides is 1. The van der Waals surface area contributed by atoms with Crippen molar-refractivity contribution >= 4 is 5.91 Å². The summed E-state index contributed by atoms with van der Waals surface area (Å²) in [6, 6.07) is 10.1. The zero-order chi connectivity index (χ0) is 12.4. The van der Waals surface area contributed by atoms with Crippen LogP contribution in [-0.4, -0.2) is 28.6 Å². The molecule has 3 heteroatoms. The molecule has 1 fully saturated rings. The van der Waals surface area contributed by atoms with Gasteiger partial charge < -0.3 is 10.0 Å². The van der Waals surface area contributed by atoms with Crippen molar-refractivity contribution in [2.45, 2.75) is 32.4 Å². The van der Waals surface area contributed by atoms with E-state index in [0.29, 0.717) is 13.0 Å². The first-order valence-electron chi connectivity index (χ1n) is 6.12. The van der Waals surface area contributed by atoms with Crippen LogP contribution >= 0.6 is 0 Å². The Bertz CT molecular complexity index is 388. The van der Waals surface area contributed by atoms with Crippen LogP contribution in [-0.2, 0) is 4.79 Å². The lowest BCUT2D eigenvalue weighted by Gasteiger charge is -2.25. The van der Waals surface area contributed by atoms with Crippen LogP contribution in [0.4, 0.5) is 0 Å². The number of rotatable bonds is 3. The lowest BCUT2D eigenvalue weighted by Crippen LogP contribution is -2.29. The standard InChI is InChI=1S/C14H19NO2/c1-10(12-6-4-3-5-7-12)15-9-13(11(2)16)8-14(15)17/h3-7,10-11,13,16H,8-9H2,1-2H3/t10-,11-,13-/m1/s1. The predicted octanol–water partition coefficient (Wildman–Crippen LogP) is 1.98. The van der Waals surface area contributed by atoms with E-state index in [4.69, 9.17) is 0 Å². The third kappa shape index (κ3) is 2.50. The number of aliphatic hydroxyl groups excluding tert-OH is 1. The van der Waals surface area contributed by atoms with E-state index in [-0.39, 0.29) is 17.9 Å². The first-order chi connectivity index (χ1) is 8.09. The van der Waals surface area contributed by atoms with E-state index in [0.717, 1.165) is 5.56 Å². The maximum atomic E-state index is 11.9. The molecule has 0 bridgehead atoms. The average Bonchev–Trinajstić information content (AvgIpc) is 2.72. The number of hydrogen-bond acceptors (Lipinski definition) is 2. The molecular weight excluding hydrogens is 214 g/mol. The fraction of sp³-hybridized carbons (Fsp3) is 0.500. The molecule has 17 heavy (non-hydrogen) atoms. The van der Waals surface area contributed by atoms with Gasteiger partial charge in [-0.15, -0.1) is 0 Å². The van der Waals surface area contributed by atoms with Crippen LogP contribution in [0.25, 0.3) is 0 Å². The average molecular weight is 233 g/mol. The minimum atomic E-state index is -0.410. The monoisotopic (exact) mass is 233 g/mol. The number of carbonyl (C=O) groups excluding carboxylic acids is 1. The van der Waals surface area contributed by atoms with Crippen LogP contribution in [0.3, 0.4) is 0 Å². The van der Waals surface area contributed by atoms with Crippen molar-refractivity contribution in [1.82, 2.24) is 4.90 Å². The van der Waals surface area contributed by atoms with E-state index < -0.39 is 6.10 Å². The summed E-state index contributed by atoms with van der Waals surface area (Å²) in [7, 11) is 0. The molecule has 0 unspecified atom stereocenters. The van der Waals surface area contributed by atoms with Crippen LogP contribution in [0.5, 0.6) is 0 Å². The van der Waals surface area contributed by atoms with Gasteiger partial charge in [0.05, 0.1) is 12.1 Å². The fourth-order valence-electron chi connectivity index (χ4n) is 2.37. The van der Waals surface area contributed by atoms with E-state index in [2.05, 4.69) is 0 Å². The predicted molar refractivity (Wildman–Crippen MR) is 66.4 cm³/mol. The van der Waals surface area contributed by atoms with Gasteiger partial charge >= 0.3 is 0 Å². The summed E-state index contributed by atoms with van der Waals surface area (Å²) in [5, 5.41) is 9.56. The van der Waals surface area contributed by atoms with Gasteiger partial charge in [0.15, 0.2) is 0 Å². The molecule has 0 spiro atoms. The molecule has 0 aromatic heterocycles. The summed E-state index contributed by atoms with van der Waals surface area (Å²) in [6.45, 7) is 4.46. The molecule has 1 N–H and O–H groups in total. The maximum Gasteiger partial charge on any atom is 0.223 e. The Morgan fingerprint density at radius 1 is 1.29 bits per heavy atom. The third-order valence-corrected chi connectivity index (χ3v) is 3.62. The molecule has 2 rings (SSSR count). The SMILES string of the molecule is C[C@H](c1ccccc1)N1C[C@H]([C@@H](C)O)CC1=O. The van der Waals surface area contributed by atoms with Crippen molar-refractivity contribution < 1.29 is 9.90 Å². The topological polar surface area (TPSA) is 40.5 Å². The molecule has 1 amide bonds. The molecule has 1 aliphatic heterocycles. The summed E-state index contributed by atoms with van der Waals surface area (Å²) < 4.78 is 0. The van der Waals surface area contributed by atoms with Crippen molar-refractivity contribution in [3.05, 3.63) is 35.9 Å². The highest BCUT2D eigenvalue weighted by Crippen LogP contribution is 2.29. The lowest BCUT2D eigenvalue weighted by molar-refractivity contribution is -0.129. The van der Waals surface area contributed by atoms with E-state index in [1.807, 2.05) is 42.2 Å². The molecule has 3 nitrogen and oxygen atoms in total. The molecule has 1 aromatic rings. The molecule has 0 saturated carbocycles. The van der Waals surface area contributed by atoms with Crippen molar-refractivity contribution in [3.8, 4) is 0 Å². The fourth-order valence-corrected chi connectivity index (χ4v) is 2.37. The Labute approximate surface area is 102 Å². The number of nitrogens with zero attached hydrogens (tertiary/aromatic N) is 1.